The molecule has 3 saturated heterocycles. The molecule has 3 amide bonds. The van der Waals surface area contributed by atoms with Crippen molar-refractivity contribution >= 4 is 23.4 Å². The van der Waals surface area contributed by atoms with Crippen molar-refractivity contribution in [3.8, 4) is 5.75 Å². The fraction of sp³-hybridized carbons (Fsp3) is 0.640. The lowest BCUT2D eigenvalue weighted by Gasteiger charge is -2.34. The summed E-state index contributed by atoms with van der Waals surface area (Å²) in [4.78, 5) is 41.9. The van der Waals surface area contributed by atoms with Gasteiger partial charge in [0, 0.05) is 24.9 Å². The zero-order valence-corrected chi connectivity index (χ0v) is 20.1. The predicted molar refractivity (Wildman–Crippen MR) is 125 cm³/mol. The summed E-state index contributed by atoms with van der Waals surface area (Å²) in [5.41, 5.74) is -0.384. The first-order valence-corrected chi connectivity index (χ1v) is 12.3. The van der Waals surface area contributed by atoms with E-state index >= 15 is 0 Å². The normalized spacial score (nSPS) is 29.4. The number of hydrogen-bond acceptors (Lipinski definition) is 6. The van der Waals surface area contributed by atoms with Gasteiger partial charge in [-0.1, -0.05) is 0 Å². The average Bonchev–Trinajstić information content (AvgIpc) is 3.42. The number of rotatable bonds is 10. The molecule has 3 fully saturated rings. The van der Waals surface area contributed by atoms with Crippen molar-refractivity contribution in [2.45, 2.75) is 70.2 Å². The van der Waals surface area contributed by atoms with Crippen LogP contribution in [0.1, 0.15) is 46.5 Å². The highest BCUT2D eigenvalue weighted by molar-refractivity contribution is 6.02. The van der Waals surface area contributed by atoms with Crippen LogP contribution < -0.4 is 15.4 Å². The van der Waals surface area contributed by atoms with E-state index in [2.05, 4.69) is 10.6 Å². The number of aliphatic hydroxyl groups excluding tert-OH is 1. The Labute approximate surface area is 200 Å². The summed E-state index contributed by atoms with van der Waals surface area (Å²) in [5, 5.41) is 15.1. The summed E-state index contributed by atoms with van der Waals surface area (Å²) in [7, 11) is 0. The molecule has 1 aromatic rings. The number of aliphatic hydroxyl groups is 1. The number of hydrogen-bond donors (Lipinski definition) is 3. The zero-order chi connectivity index (χ0) is 24.5. The smallest absolute Gasteiger partial charge is 0.246 e. The molecule has 2 unspecified atom stereocenters. The second kappa shape index (κ2) is 9.92. The minimum Gasteiger partial charge on any atom is -0.494 e. The van der Waals surface area contributed by atoms with Gasteiger partial charge in [0.05, 0.1) is 24.5 Å². The van der Waals surface area contributed by atoms with Crippen LogP contribution >= 0.6 is 0 Å². The molecule has 3 N–H and O–H groups in total. The van der Waals surface area contributed by atoms with Crippen LogP contribution in [0.3, 0.4) is 0 Å². The Morgan fingerprint density at radius 3 is 2.62 bits per heavy atom. The van der Waals surface area contributed by atoms with Crippen LogP contribution in [-0.4, -0.2) is 71.3 Å². The fourth-order valence-corrected chi connectivity index (χ4v) is 5.78. The number of likely N-dealkylation sites (tertiary alicyclic amines) is 1. The Balaban J connectivity index is 1.58. The molecule has 34 heavy (non-hydrogen) atoms. The molecule has 3 aliphatic heterocycles. The van der Waals surface area contributed by atoms with Gasteiger partial charge in [0.2, 0.25) is 17.7 Å². The van der Waals surface area contributed by atoms with Gasteiger partial charge in [0.15, 0.2) is 0 Å². The van der Waals surface area contributed by atoms with Crippen molar-refractivity contribution in [3.63, 3.8) is 0 Å². The summed E-state index contributed by atoms with van der Waals surface area (Å²) >= 11 is 0. The van der Waals surface area contributed by atoms with Crippen molar-refractivity contribution in [3.05, 3.63) is 24.3 Å². The van der Waals surface area contributed by atoms with E-state index in [1.165, 1.54) is 0 Å². The highest BCUT2D eigenvalue weighted by atomic mass is 16.5. The summed E-state index contributed by atoms with van der Waals surface area (Å²) in [5.74, 6) is -1.38. The first-order valence-electron chi connectivity index (χ1n) is 12.3. The van der Waals surface area contributed by atoms with Gasteiger partial charge in [0.1, 0.15) is 17.4 Å². The molecule has 1 aromatic carbocycles. The average molecular weight is 474 g/mol. The number of carbonyl (C=O) groups excluding carboxylic acids is 3. The molecule has 0 saturated carbocycles. The van der Waals surface area contributed by atoms with E-state index in [4.69, 9.17) is 9.47 Å². The third-order valence-corrected chi connectivity index (χ3v) is 7.02. The Morgan fingerprint density at radius 2 is 1.97 bits per heavy atom. The molecular weight excluding hydrogens is 438 g/mol. The molecule has 3 aliphatic rings. The van der Waals surface area contributed by atoms with Crippen molar-refractivity contribution in [1.29, 1.82) is 0 Å². The van der Waals surface area contributed by atoms with Gasteiger partial charge >= 0.3 is 0 Å². The van der Waals surface area contributed by atoms with Crippen LogP contribution in [0.5, 0.6) is 5.75 Å². The van der Waals surface area contributed by atoms with Crippen LogP contribution in [0.2, 0.25) is 0 Å². The lowest BCUT2D eigenvalue weighted by Crippen LogP contribution is -2.56. The minimum absolute atomic E-state index is 0.0190. The largest absolute Gasteiger partial charge is 0.494 e. The molecule has 1 spiro atoms. The van der Waals surface area contributed by atoms with Crippen molar-refractivity contribution in [2.24, 2.45) is 11.8 Å². The summed E-state index contributed by atoms with van der Waals surface area (Å²) in [6.07, 6.45) is 1.90. The SMILES string of the molecule is CCOc1ccc(NC(=O)[C@@H]2[C@H]3C(=O)N(CCCCO)C(C(=O)NC(C)C)C34CC[C@H]2O4)cc1. The molecule has 3 heterocycles. The van der Waals surface area contributed by atoms with Gasteiger partial charge in [0.25, 0.3) is 0 Å². The van der Waals surface area contributed by atoms with Crippen LogP contribution in [0.15, 0.2) is 24.3 Å². The number of amides is 3. The fourth-order valence-electron chi connectivity index (χ4n) is 5.78. The molecule has 5 atom stereocenters. The summed E-state index contributed by atoms with van der Waals surface area (Å²) in [6.45, 7) is 6.57. The maximum Gasteiger partial charge on any atom is 0.246 e. The quantitative estimate of drug-likeness (QED) is 0.445. The molecule has 0 aromatic heterocycles. The molecule has 2 bridgehead atoms. The Kier molecular flexibility index (Phi) is 7.14. The van der Waals surface area contributed by atoms with Crippen molar-refractivity contribution < 1.29 is 29.0 Å². The number of ether oxygens (including phenoxy) is 2. The summed E-state index contributed by atoms with van der Waals surface area (Å²) in [6, 6.07) is 6.24. The maximum absolute atomic E-state index is 13.7. The first kappa shape index (κ1) is 24.5. The van der Waals surface area contributed by atoms with Crippen molar-refractivity contribution in [2.75, 3.05) is 25.1 Å². The van der Waals surface area contributed by atoms with Gasteiger partial charge in [-0.2, -0.15) is 0 Å². The predicted octanol–water partition coefficient (Wildman–Crippen LogP) is 1.70. The number of anilines is 1. The van der Waals surface area contributed by atoms with E-state index in [-0.39, 0.29) is 30.4 Å². The topological polar surface area (TPSA) is 117 Å². The van der Waals surface area contributed by atoms with Crippen LogP contribution in [0.25, 0.3) is 0 Å². The molecule has 4 rings (SSSR count). The Bertz CT molecular complexity index is 920. The third-order valence-electron chi connectivity index (χ3n) is 7.02. The lowest BCUT2D eigenvalue weighted by molar-refractivity contribution is -0.141. The van der Waals surface area contributed by atoms with E-state index in [0.29, 0.717) is 50.3 Å². The molecule has 9 nitrogen and oxygen atoms in total. The van der Waals surface area contributed by atoms with Crippen molar-refractivity contribution in [1.82, 2.24) is 10.2 Å². The Hall–Kier alpha value is -2.65. The highest BCUT2D eigenvalue weighted by Crippen LogP contribution is 2.58. The van der Waals surface area contributed by atoms with E-state index in [1.54, 1.807) is 29.2 Å². The standard InChI is InChI=1S/C25H35N3O6/c1-4-33-17-9-7-16(8-10-17)27-22(30)19-18-11-12-25(34-18)20(19)24(32)28(13-5-6-14-29)21(25)23(31)26-15(2)3/h7-10,15,18-21,29H,4-6,11-14H2,1-3H3,(H,26,31)(H,27,30)/t18-,19+,20+,21?,25?/m1/s1. The first-order chi connectivity index (χ1) is 16.3. The number of unbranched alkanes of at least 4 members (excludes halogenated alkanes) is 1. The monoisotopic (exact) mass is 473 g/mol. The number of benzene rings is 1. The molecule has 0 aliphatic carbocycles. The lowest BCUT2D eigenvalue weighted by atomic mass is 9.70. The number of nitrogens with one attached hydrogen (secondary N) is 2. The Morgan fingerprint density at radius 1 is 1.24 bits per heavy atom. The van der Waals surface area contributed by atoms with Crippen LogP contribution in [0, 0.1) is 11.8 Å². The third kappa shape index (κ3) is 4.27. The molecule has 0 radical (unpaired) electrons. The van der Waals surface area contributed by atoms with Gasteiger partial charge in [-0.15, -0.1) is 0 Å². The molecular formula is C25H35N3O6. The van der Waals surface area contributed by atoms with E-state index in [0.717, 1.165) is 0 Å². The maximum atomic E-state index is 13.7. The van der Waals surface area contributed by atoms with Gasteiger partial charge in [-0.05, 0) is 70.7 Å². The van der Waals surface area contributed by atoms with Gasteiger partial charge in [-0.3, -0.25) is 14.4 Å². The van der Waals surface area contributed by atoms with E-state index < -0.39 is 29.6 Å². The van der Waals surface area contributed by atoms with Crippen LogP contribution in [-0.2, 0) is 19.1 Å². The van der Waals surface area contributed by atoms with Gasteiger partial charge < -0.3 is 30.1 Å². The number of fused-ring (bicyclic) bond motifs is 1. The molecule has 186 valence electrons. The number of carbonyl (C=O) groups is 3. The highest BCUT2D eigenvalue weighted by Gasteiger charge is 2.74. The second-order valence-corrected chi connectivity index (χ2v) is 9.63. The summed E-state index contributed by atoms with van der Waals surface area (Å²) < 4.78 is 11.8. The van der Waals surface area contributed by atoms with E-state index in [9.17, 15) is 19.5 Å². The van der Waals surface area contributed by atoms with Gasteiger partial charge in [-0.25, -0.2) is 0 Å². The zero-order valence-electron chi connectivity index (χ0n) is 20.1. The minimum atomic E-state index is -0.999. The van der Waals surface area contributed by atoms with Crippen LogP contribution in [0.4, 0.5) is 5.69 Å². The number of nitrogens with zero attached hydrogens (tertiary/aromatic N) is 1. The molecule has 9 heteroatoms. The van der Waals surface area contributed by atoms with E-state index in [1.807, 2.05) is 20.8 Å². The second-order valence-electron chi connectivity index (χ2n) is 9.63.